The summed E-state index contributed by atoms with van der Waals surface area (Å²) in [7, 11) is -3.65. The Morgan fingerprint density at radius 2 is 2.22 bits per heavy atom. The predicted octanol–water partition coefficient (Wildman–Crippen LogP) is 3.08. The molecule has 0 N–H and O–H groups in total. The van der Waals surface area contributed by atoms with Crippen LogP contribution in [0.15, 0.2) is 33.8 Å². The number of hydrogen-bond acceptors (Lipinski definition) is 3. The summed E-state index contributed by atoms with van der Waals surface area (Å²) in [6, 6.07) is 1.45. The lowest BCUT2D eigenvalue weighted by Gasteiger charge is -2.20. The molecule has 0 aliphatic carbocycles. The first-order chi connectivity index (χ1) is 8.28. The molecule has 0 aromatic carbocycles. The molecule has 0 amide bonds. The Morgan fingerprint density at radius 1 is 1.61 bits per heavy atom. The SMILES string of the molecule is C=C(C)CN(CC)S(=O)(=O)c1cc(Br)cnc1Cl. The third kappa shape index (κ3) is 3.54. The average Bonchev–Trinajstić information content (AvgIpc) is 2.28. The standard InChI is InChI=1S/C11H14BrClN2O2S/c1-4-15(7-8(2)3)18(16,17)10-5-9(12)6-14-11(10)13/h5-6H,2,4,7H2,1,3H3. The highest BCUT2D eigenvalue weighted by atomic mass is 79.9. The second kappa shape index (κ2) is 6.14. The monoisotopic (exact) mass is 352 g/mol. The molecule has 18 heavy (non-hydrogen) atoms. The van der Waals surface area contributed by atoms with E-state index in [0.29, 0.717) is 11.0 Å². The maximum Gasteiger partial charge on any atom is 0.246 e. The van der Waals surface area contributed by atoms with Crippen molar-refractivity contribution in [3.63, 3.8) is 0 Å². The average molecular weight is 354 g/mol. The Kier molecular flexibility index (Phi) is 5.33. The summed E-state index contributed by atoms with van der Waals surface area (Å²) in [4.78, 5) is 3.83. The van der Waals surface area contributed by atoms with Gasteiger partial charge in [0.1, 0.15) is 10.0 Å². The zero-order chi connectivity index (χ0) is 13.9. The van der Waals surface area contributed by atoms with Crippen molar-refractivity contribution < 1.29 is 8.42 Å². The summed E-state index contributed by atoms with van der Waals surface area (Å²) in [6.07, 6.45) is 1.45. The van der Waals surface area contributed by atoms with Crippen molar-refractivity contribution in [2.45, 2.75) is 18.7 Å². The lowest BCUT2D eigenvalue weighted by molar-refractivity contribution is 0.452. The Labute approximate surface area is 121 Å². The van der Waals surface area contributed by atoms with Gasteiger partial charge < -0.3 is 0 Å². The van der Waals surface area contributed by atoms with E-state index in [9.17, 15) is 8.42 Å². The molecule has 4 nitrogen and oxygen atoms in total. The van der Waals surface area contributed by atoms with E-state index in [0.717, 1.165) is 5.57 Å². The van der Waals surface area contributed by atoms with E-state index in [1.807, 2.05) is 0 Å². The first-order valence-corrected chi connectivity index (χ1v) is 7.85. The summed E-state index contributed by atoms with van der Waals surface area (Å²) < 4.78 is 26.7. The summed E-state index contributed by atoms with van der Waals surface area (Å²) in [5.74, 6) is 0. The molecule has 0 unspecified atom stereocenters. The quantitative estimate of drug-likeness (QED) is 0.604. The van der Waals surface area contributed by atoms with E-state index in [1.54, 1.807) is 13.8 Å². The van der Waals surface area contributed by atoms with Gasteiger partial charge >= 0.3 is 0 Å². The summed E-state index contributed by atoms with van der Waals surface area (Å²) >= 11 is 9.05. The maximum absolute atomic E-state index is 12.4. The molecule has 0 aliphatic heterocycles. The van der Waals surface area contributed by atoms with E-state index >= 15 is 0 Å². The van der Waals surface area contributed by atoms with Gasteiger partial charge in [0, 0.05) is 23.8 Å². The van der Waals surface area contributed by atoms with Gasteiger partial charge in [-0.25, -0.2) is 13.4 Å². The lowest BCUT2D eigenvalue weighted by Crippen LogP contribution is -2.32. The molecule has 0 saturated heterocycles. The fourth-order valence-corrected chi connectivity index (χ4v) is 3.82. The van der Waals surface area contributed by atoms with Crippen LogP contribution in [0.5, 0.6) is 0 Å². The number of aromatic nitrogens is 1. The van der Waals surface area contributed by atoms with Crippen LogP contribution < -0.4 is 0 Å². The second-order valence-electron chi connectivity index (χ2n) is 3.83. The molecule has 1 rings (SSSR count). The van der Waals surface area contributed by atoms with Crippen LogP contribution in [0, 0.1) is 0 Å². The number of sulfonamides is 1. The van der Waals surface area contributed by atoms with E-state index < -0.39 is 10.0 Å². The van der Waals surface area contributed by atoms with Crippen LogP contribution in [0.2, 0.25) is 5.15 Å². The first-order valence-electron chi connectivity index (χ1n) is 5.24. The van der Waals surface area contributed by atoms with Crippen LogP contribution in [0.1, 0.15) is 13.8 Å². The van der Waals surface area contributed by atoms with Gasteiger partial charge in [0.05, 0.1) is 0 Å². The van der Waals surface area contributed by atoms with E-state index in [1.165, 1.54) is 16.6 Å². The molecule has 1 aromatic heterocycles. The van der Waals surface area contributed by atoms with Crippen LogP contribution in [0.3, 0.4) is 0 Å². The van der Waals surface area contributed by atoms with Crippen molar-refractivity contribution in [1.29, 1.82) is 0 Å². The third-order valence-electron chi connectivity index (χ3n) is 2.19. The number of rotatable bonds is 5. The molecule has 0 aliphatic rings. The van der Waals surface area contributed by atoms with Crippen molar-refractivity contribution in [1.82, 2.24) is 9.29 Å². The number of likely N-dealkylation sites (N-methyl/N-ethyl adjacent to an activating group) is 1. The van der Waals surface area contributed by atoms with Crippen LogP contribution in [-0.2, 0) is 10.0 Å². The van der Waals surface area contributed by atoms with Gasteiger partial charge in [-0.3, -0.25) is 0 Å². The Bertz CT molecular complexity index is 560. The topological polar surface area (TPSA) is 50.3 Å². The number of pyridine rings is 1. The molecule has 100 valence electrons. The van der Waals surface area contributed by atoms with Crippen molar-refractivity contribution in [3.8, 4) is 0 Å². The van der Waals surface area contributed by atoms with Crippen LogP contribution in [0.25, 0.3) is 0 Å². The molecule has 0 bridgehead atoms. The minimum absolute atomic E-state index is 0.00152. The van der Waals surface area contributed by atoms with Gasteiger partial charge in [-0.1, -0.05) is 30.7 Å². The van der Waals surface area contributed by atoms with Gasteiger partial charge in [-0.15, -0.1) is 0 Å². The van der Waals surface area contributed by atoms with Crippen molar-refractivity contribution in [2.24, 2.45) is 0 Å². The van der Waals surface area contributed by atoms with Crippen LogP contribution in [-0.4, -0.2) is 30.8 Å². The molecule has 0 radical (unpaired) electrons. The Morgan fingerprint density at radius 3 is 2.72 bits per heavy atom. The molecule has 0 atom stereocenters. The van der Waals surface area contributed by atoms with Crippen molar-refractivity contribution in [3.05, 3.63) is 34.0 Å². The number of nitrogens with zero attached hydrogens (tertiary/aromatic N) is 2. The number of hydrogen-bond donors (Lipinski definition) is 0. The molecule has 0 saturated carbocycles. The Hall–Kier alpha value is -0.430. The smallest absolute Gasteiger partial charge is 0.242 e. The highest BCUT2D eigenvalue weighted by Gasteiger charge is 2.26. The van der Waals surface area contributed by atoms with Crippen LogP contribution in [0.4, 0.5) is 0 Å². The second-order valence-corrected chi connectivity index (χ2v) is 7.01. The van der Waals surface area contributed by atoms with Crippen molar-refractivity contribution in [2.75, 3.05) is 13.1 Å². The summed E-state index contributed by atoms with van der Waals surface area (Å²) in [5.41, 5.74) is 0.763. The van der Waals surface area contributed by atoms with Crippen molar-refractivity contribution >= 4 is 37.6 Å². The maximum atomic E-state index is 12.4. The molecule has 0 fully saturated rings. The summed E-state index contributed by atoms with van der Waals surface area (Å²) in [5, 5.41) is -0.0293. The van der Waals surface area contributed by atoms with Gasteiger partial charge in [0.25, 0.3) is 0 Å². The lowest BCUT2D eigenvalue weighted by atomic mass is 10.3. The molecule has 1 heterocycles. The minimum Gasteiger partial charge on any atom is -0.242 e. The van der Waals surface area contributed by atoms with E-state index in [-0.39, 0.29) is 16.6 Å². The van der Waals surface area contributed by atoms with E-state index in [2.05, 4.69) is 27.5 Å². The molecule has 1 aromatic rings. The van der Waals surface area contributed by atoms with Crippen LogP contribution >= 0.6 is 27.5 Å². The number of halogens is 2. The predicted molar refractivity (Wildman–Crippen MR) is 76.2 cm³/mol. The Balaban J connectivity index is 3.26. The van der Waals surface area contributed by atoms with Gasteiger partial charge in [0.2, 0.25) is 10.0 Å². The molecule has 0 spiro atoms. The van der Waals surface area contributed by atoms with Gasteiger partial charge in [-0.2, -0.15) is 4.31 Å². The fraction of sp³-hybridized carbons (Fsp3) is 0.364. The highest BCUT2D eigenvalue weighted by Crippen LogP contribution is 2.26. The van der Waals surface area contributed by atoms with Gasteiger partial charge in [-0.05, 0) is 28.9 Å². The minimum atomic E-state index is -3.65. The third-order valence-corrected chi connectivity index (χ3v) is 4.97. The zero-order valence-electron chi connectivity index (χ0n) is 10.2. The first kappa shape index (κ1) is 15.6. The molecular weight excluding hydrogens is 340 g/mol. The summed E-state index contributed by atoms with van der Waals surface area (Å²) in [6.45, 7) is 7.88. The highest BCUT2D eigenvalue weighted by molar-refractivity contribution is 9.10. The largest absolute Gasteiger partial charge is 0.246 e. The zero-order valence-corrected chi connectivity index (χ0v) is 13.3. The van der Waals surface area contributed by atoms with Gasteiger partial charge in [0.15, 0.2) is 0 Å². The normalized spacial score (nSPS) is 11.8. The fourth-order valence-electron chi connectivity index (χ4n) is 1.39. The molecule has 7 heteroatoms. The molecular formula is C11H14BrClN2O2S. The van der Waals surface area contributed by atoms with E-state index in [4.69, 9.17) is 11.6 Å².